The number of rotatable bonds is 22. The molecule has 0 aliphatic carbocycles. The minimum absolute atomic E-state index is 0.00806. The van der Waals surface area contributed by atoms with Gasteiger partial charge in [-0.25, -0.2) is 19.0 Å². The van der Waals surface area contributed by atoms with Crippen LogP contribution in [0.2, 0.25) is 0 Å². The van der Waals surface area contributed by atoms with E-state index in [-0.39, 0.29) is 48.9 Å². The third-order valence-corrected chi connectivity index (χ3v) is 15.3. The number of carboxylic acid groups (broad SMARTS) is 2. The Morgan fingerprint density at radius 2 is 0.966 bits per heavy atom. The van der Waals surface area contributed by atoms with Crippen molar-refractivity contribution in [3.63, 3.8) is 0 Å². The molecule has 8 atom stereocenters. The second kappa shape index (κ2) is 34.4. The zero-order valence-electron chi connectivity index (χ0n) is 48.5. The molecule has 24 nitrogen and oxygen atoms in total. The molecule has 88 heavy (non-hydrogen) atoms. The number of alkyl halides is 6. The van der Waals surface area contributed by atoms with Gasteiger partial charge in [0.25, 0.3) is 0 Å². The Kier molecular flexibility index (Phi) is 27.6. The number of carbonyl (C=O) groups excluding carboxylic acids is 4. The number of hydrogen-bond acceptors (Lipinski definition) is 18. The molecule has 2 aliphatic rings. The predicted molar refractivity (Wildman–Crippen MR) is 306 cm³/mol. The Hall–Kier alpha value is -8.14. The molecule has 2 fully saturated rings. The lowest BCUT2D eigenvalue weighted by Crippen LogP contribution is -2.58. The van der Waals surface area contributed by atoms with Gasteiger partial charge in [-0.05, 0) is 154 Å². The van der Waals surface area contributed by atoms with Gasteiger partial charge in [0.1, 0.15) is 25.3 Å². The van der Waals surface area contributed by atoms with E-state index >= 15 is 0 Å². The van der Waals surface area contributed by atoms with Crippen molar-refractivity contribution in [3.8, 4) is 23.7 Å². The number of benzene rings is 3. The van der Waals surface area contributed by atoms with Gasteiger partial charge in [0.2, 0.25) is 33.9 Å². The molecule has 0 radical (unpaired) electrons. The molecule has 0 spiro atoms. The summed E-state index contributed by atoms with van der Waals surface area (Å²) in [4.78, 5) is 78.5. The largest absolute Gasteiger partial charge is 0.490 e. The fourth-order valence-electron chi connectivity index (χ4n) is 8.41. The lowest BCUT2D eigenvalue weighted by molar-refractivity contribution is -0.193. The van der Waals surface area contributed by atoms with E-state index in [0.29, 0.717) is 47.6 Å². The highest BCUT2D eigenvalue weighted by molar-refractivity contribution is 7.99. The van der Waals surface area contributed by atoms with Crippen molar-refractivity contribution in [1.82, 2.24) is 71.5 Å². The lowest BCUT2D eigenvalue weighted by Gasteiger charge is -2.32. The first-order chi connectivity index (χ1) is 41.8. The summed E-state index contributed by atoms with van der Waals surface area (Å²) in [7, 11) is 3.37. The number of carboxylic acids is 2. The average molecular weight is 1270 g/mol. The van der Waals surface area contributed by atoms with Gasteiger partial charge in [-0.2, -0.15) is 26.3 Å². The van der Waals surface area contributed by atoms with Crippen LogP contribution in [0.4, 0.5) is 26.3 Å². The van der Waals surface area contributed by atoms with Gasteiger partial charge in [-0.15, -0.1) is 10.2 Å². The van der Waals surface area contributed by atoms with Crippen molar-refractivity contribution in [2.24, 2.45) is 0 Å². The van der Waals surface area contributed by atoms with Gasteiger partial charge in [0.15, 0.2) is 0 Å². The van der Waals surface area contributed by atoms with E-state index in [4.69, 9.17) is 29.3 Å². The van der Waals surface area contributed by atoms with Crippen molar-refractivity contribution in [2.45, 2.75) is 147 Å². The Morgan fingerprint density at radius 1 is 0.602 bits per heavy atom. The van der Waals surface area contributed by atoms with Crippen molar-refractivity contribution in [3.05, 3.63) is 96.1 Å². The van der Waals surface area contributed by atoms with E-state index in [1.165, 1.54) is 23.5 Å². The van der Waals surface area contributed by atoms with Gasteiger partial charge >= 0.3 is 24.3 Å². The van der Waals surface area contributed by atoms with Gasteiger partial charge in [-0.3, -0.25) is 19.2 Å². The van der Waals surface area contributed by atoms with E-state index in [0.717, 1.165) is 35.5 Å². The first kappa shape index (κ1) is 70.6. The first-order valence-electron chi connectivity index (χ1n) is 27.3. The Morgan fingerprint density at radius 3 is 1.31 bits per heavy atom. The molecule has 7 rings (SSSR count). The molecule has 32 heteroatoms. The number of halogens is 6. The van der Waals surface area contributed by atoms with Crippen LogP contribution < -0.4 is 21.3 Å². The maximum atomic E-state index is 14.3. The quantitative estimate of drug-likeness (QED) is 0.0415. The summed E-state index contributed by atoms with van der Waals surface area (Å²) < 4.78 is 79.2. The molecule has 0 saturated carbocycles. The third-order valence-electron chi connectivity index (χ3n) is 13.4. The Bertz CT molecular complexity index is 3030. The number of nitrogens with zero attached hydrogens (tertiary/aromatic N) is 10. The van der Waals surface area contributed by atoms with E-state index < -0.39 is 60.7 Å². The van der Waals surface area contributed by atoms with Crippen molar-refractivity contribution in [2.75, 3.05) is 40.4 Å². The minimum Gasteiger partial charge on any atom is -0.475 e. The second-order valence-corrected chi connectivity index (χ2v) is 21.7. The maximum absolute atomic E-state index is 14.3. The molecule has 3 aromatic carbocycles. The molecule has 2 aliphatic heterocycles. The molecule has 474 valence electrons. The van der Waals surface area contributed by atoms with E-state index in [2.05, 4.69) is 76.0 Å². The smallest absolute Gasteiger partial charge is 0.475 e. The standard InChI is InChI=1S/C52H64N14O6S2.2C2HF3O2/c1-35(53-5)47(67)55-45(49(69)63-28-14-22-41(63)33-65-51(57-59-61-65)73-43-24-9-7-10-25-43)37(3)71-30-16-20-39-18-13-19-40(32-39)21-17-31-72-38(4)46(56-48(68)36(2)54-6)50(70)64-29-15-23-42(64)34-66-52(58-60-62-66)74-44-26-11-8-12-27-44;2*3-2(4,5)1(6)7/h7-13,18-19,24-27,32,35-38,41-42,45-46,53-54H,14-15,22-23,28-31,33-34H2,1-6H3,(H,55,67)(H,56,68);2*(H,6,7)/t35-,36+,37+,38-,41-,42+,45-,46+;;. The van der Waals surface area contributed by atoms with Crippen molar-refractivity contribution < 1.29 is 74.8 Å². The molecule has 0 bridgehead atoms. The lowest BCUT2D eigenvalue weighted by atomic mass is 10.1. The van der Waals surface area contributed by atoms with Gasteiger partial charge in [0.05, 0.1) is 49.5 Å². The van der Waals surface area contributed by atoms with Gasteiger partial charge < -0.3 is 50.8 Å². The summed E-state index contributed by atoms with van der Waals surface area (Å²) in [5.74, 6) is 5.67. The predicted octanol–water partition coefficient (Wildman–Crippen LogP) is 4.31. The second-order valence-electron chi connectivity index (χ2n) is 19.6. The number of likely N-dealkylation sites (N-methyl/N-ethyl adjacent to an activating group) is 2. The molecule has 4 amide bonds. The van der Waals surface area contributed by atoms with E-state index in [1.54, 1.807) is 61.0 Å². The van der Waals surface area contributed by atoms with Crippen LogP contribution in [-0.2, 0) is 51.3 Å². The van der Waals surface area contributed by atoms with Gasteiger partial charge in [-0.1, -0.05) is 66.1 Å². The molecular weight excluding hydrogens is 1210 g/mol. The number of aromatic nitrogens is 8. The number of carbonyl (C=O) groups is 6. The molecule has 4 heterocycles. The average Bonchev–Trinajstić information content (AvgIpc) is 3.21. The van der Waals surface area contributed by atoms with E-state index in [1.807, 2.05) is 84.9 Å². The van der Waals surface area contributed by atoms with Crippen molar-refractivity contribution in [1.29, 1.82) is 0 Å². The monoisotopic (exact) mass is 1270 g/mol. The zero-order valence-corrected chi connectivity index (χ0v) is 50.1. The van der Waals surface area contributed by atoms with Crippen LogP contribution >= 0.6 is 23.5 Å². The fraction of sp³-hybridized carbons (Fsp3) is 0.464. The summed E-state index contributed by atoms with van der Waals surface area (Å²) >= 11 is 2.90. The number of nitrogens with one attached hydrogen (secondary N) is 4. The molecule has 0 unspecified atom stereocenters. The SMILES string of the molecule is CN[C@@H](C)C(=O)N[C@H](C(=O)N1CCC[C@H]1Cn1nnnc1Sc1ccccc1)[C@@H](C)OCC#Cc1cccc(C#CCO[C@@H](C)[C@@H](NC(=O)[C@@H](C)NC)C(=O)N2CCC[C@@H]2Cn2nnnc2Sc2ccccc2)c1.O=C(O)C(F)(F)F.O=C(O)C(F)(F)F. The number of hydrogen-bond donors (Lipinski definition) is 6. The summed E-state index contributed by atoms with van der Waals surface area (Å²) in [5, 5.41) is 52.0. The highest BCUT2D eigenvalue weighted by Gasteiger charge is 2.41. The summed E-state index contributed by atoms with van der Waals surface area (Å²) in [5.41, 5.74) is 1.39. The fourth-order valence-corrected chi connectivity index (χ4v) is 10.0. The number of ether oxygens (including phenoxy) is 2. The molecular formula is C56H66F6N14O10S2. The number of aliphatic carboxylic acids is 2. The van der Waals surface area contributed by atoms with Crippen LogP contribution in [0.1, 0.15) is 64.5 Å². The number of likely N-dealkylation sites (tertiary alicyclic amines) is 2. The van der Waals surface area contributed by atoms with Crippen LogP contribution in [-0.4, -0.2) is 197 Å². The van der Waals surface area contributed by atoms with Crippen LogP contribution in [0.5, 0.6) is 0 Å². The summed E-state index contributed by atoms with van der Waals surface area (Å²) in [6.07, 6.45) is -8.51. The van der Waals surface area contributed by atoms with E-state index in [9.17, 15) is 45.5 Å². The third kappa shape index (κ3) is 22.2. The molecule has 2 saturated heterocycles. The first-order valence-corrected chi connectivity index (χ1v) is 28.9. The molecule has 6 N–H and O–H groups in total. The van der Waals surface area contributed by atoms with Gasteiger partial charge in [0, 0.05) is 34.0 Å². The Labute approximate surface area is 511 Å². The summed E-state index contributed by atoms with van der Waals surface area (Å²) in [6.45, 7) is 8.79. The minimum atomic E-state index is -5.08. The highest BCUT2D eigenvalue weighted by Crippen LogP contribution is 2.29. The molecule has 2 aromatic heterocycles. The summed E-state index contributed by atoms with van der Waals surface area (Å²) in [6, 6.07) is 23.6. The zero-order chi connectivity index (χ0) is 64.6. The highest BCUT2D eigenvalue weighted by atomic mass is 32.2. The molecule has 5 aromatic rings. The van der Waals surface area contributed by atoms with Crippen LogP contribution in [0.25, 0.3) is 0 Å². The van der Waals surface area contributed by atoms with Crippen molar-refractivity contribution >= 4 is 59.1 Å². The number of tetrazole rings is 2. The Balaban J connectivity index is 0.000000899. The van der Waals surface area contributed by atoms with Crippen LogP contribution in [0, 0.1) is 23.7 Å². The van der Waals surface area contributed by atoms with Crippen LogP contribution in [0.15, 0.2) is 105 Å². The van der Waals surface area contributed by atoms with Crippen LogP contribution in [0.3, 0.4) is 0 Å². The number of amides is 4. The topological polar surface area (TPSA) is 303 Å². The normalized spacial score (nSPS) is 16.7. The maximum Gasteiger partial charge on any atom is 0.490 e.